The van der Waals surface area contributed by atoms with Crippen molar-refractivity contribution >= 4 is 12.2 Å². The Morgan fingerprint density at radius 1 is 1.22 bits per heavy atom. The highest BCUT2D eigenvalue weighted by Crippen LogP contribution is 2.14. The molecule has 23 heavy (non-hydrogen) atoms. The Hall–Kier alpha value is -3.13. The van der Waals surface area contributed by atoms with Crippen LogP contribution in [0.5, 0.6) is 5.75 Å². The highest BCUT2D eigenvalue weighted by molar-refractivity contribution is 5.78. The number of hydrogen-bond acceptors (Lipinski definition) is 4. The molecule has 0 saturated carbocycles. The van der Waals surface area contributed by atoms with Gasteiger partial charge in [0.1, 0.15) is 12.0 Å². The van der Waals surface area contributed by atoms with Gasteiger partial charge in [0, 0.05) is 5.56 Å². The first-order valence-electron chi connectivity index (χ1n) is 7.10. The van der Waals surface area contributed by atoms with E-state index in [2.05, 4.69) is 11.4 Å². The van der Waals surface area contributed by atoms with Gasteiger partial charge in [0.05, 0.1) is 17.7 Å². The van der Waals surface area contributed by atoms with E-state index in [9.17, 15) is 9.59 Å². The van der Waals surface area contributed by atoms with Gasteiger partial charge in [-0.25, -0.2) is 0 Å². The molecule has 0 saturated heterocycles. The number of nitrogens with one attached hydrogen (secondary N) is 1. The van der Waals surface area contributed by atoms with E-state index < -0.39 is 0 Å². The number of carbonyl (C=O) groups is 2. The van der Waals surface area contributed by atoms with Crippen LogP contribution < -0.4 is 10.1 Å². The summed E-state index contributed by atoms with van der Waals surface area (Å²) in [6.45, 7) is 1.75. The molecule has 2 aromatic carbocycles. The number of amides is 1. The maximum Gasteiger partial charge on any atom is 0.258 e. The Kier molecular flexibility index (Phi) is 5.48. The molecule has 5 heteroatoms. The summed E-state index contributed by atoms with van der Waals surface area (Å²) < 4.78 is 5.37. The molecule has 1 unspecified atom stereocenters. The summed E-state index contributed by atoms with van der Waals surface area (Å²) in [6.07, 6.45) is 0.746. The van der Waals surface area contributed by atoms with Crippen molar-refractivity contribution in [3.63, 3.8) is 0 Å². The molecule has 0 aliphatic rings. The average molecular weight is 308 g/mol. The first-order chi connectivity index (χ1) is 11.1. The van der Waals surface area contributed by atoms with Gasteiger partial charge in [0.25, 0.3) is 5.91 Å². The van der Waals surface area contributed by atoms with Crippen LogP contribution in [0.1, 0.15) is 34.5 Å². The number of nitriles is 1. The van der Waals surface area contributed by atoms with E-state index in [4.69, 9.17) is 10.00 Å². The van der Waals surface area contributed by atoms with Gasteiger partial charge in [-0.1, -0.05) is 12.1 Å². The third-order valence-electron chi connectivity index (χ3n) is 3.30. The van der Waals surface area contributed by atoms with Crippen LogP contribution in [-0.4, -0.2) is 18.8 Å². The van der Waals surface area contributed by atoms with Crippen LogP contribution >= 0.6 is 0 Å². The lowest BCUT2D eigenvalue weighted by molar-refractivity contribution is -0.123. The zero-order valence-corrected chi connectivity index (χ0v) is 12.7. The van der Waals surface area contributed by atoms with Crippen LogP contribution in [0.2, 0.25) is 0 Å². The molecule has 0 spiro atoms. The second-order valence-corrected chi connectivity index (χ2v) is 5.00. The molecule has 0 aromatic heterocycles. The van der Waals surface area contributed by atoms with Crippen molar-refractivity contribution < 1.29 is 14.3 Å². The van der Waals surface area contributed by atoms with Crippen molar-refractivity contribution in [3.05, 3.63) is 65.2 Å². The molecule has 0 heterocycles. The number of hydrogen-bond donors (Lipinski definition) is 1. The van der Waals surface area contributed by atoms with Gasteiger partial charge in [0.2, 0.25) is 0 Å². The van der Waals surface area contributed by atoms with Gasteiger partial charge in [0.15, 0.2) is 6.61 Å². The lowest BCUT2D eigenvalue weighted by Crippen LogP contribution is -2.31. The molecular formula is C18H16N2O3. The standard InChI is InChI=1S/C18H16N2O3/c1-13(16-6-2-14(10-19)3-7-16)20-18(22)12-23-17-8-4-15(11-21)5-9-17/h2-9,11,13H,12H2,1H3,(H,20,22). The zero-order valence-electron chi connectivity index (χ0n) is 12.7. The molecular weight excluding hydrogens is 292 g/mol. The number of ether oxygens (including phenoxy) is 1. The van der Waals surface area contributed by atoms with Gasteiger partial charge in [-0.3, -0.25) is 9.59 Å². The summed E-state index contributed by atoms with van der Waals surface area (Å²) in [6, 6.07) is 15.4. The lowest BCUT2D eigenvalue weighted by atomic mass is 10.1. The fraction of sp³-hybridized carbons (Fsp3) is 0.167. The highest BCUT2D eigenvalue weighted by atomic mass is 16.5. The molecule has 0 aliphatic carbocycles. The van der Waals surface area contributed by atoms with Crippen molar-refractivity contribution in [2.24, 2.45) is 0 Å². The van der Waals surface area contributed by atoms with E-state index in [-0.39, 0.29) is 18.6 Å². The summed E-state index contributed by atoms with van der Waals surface area (Å²) in [7, 11) is 0. The molecule has 0 fully saturated rings. The summed E-state index contributed by atoms with van der Waals surface area (Å²) in [5.74, 6) is 0.276. The van der Waals surface area contributed by atoms with Crippen molar-refractivity contribution in [2.75, 3.05) is 6.61 Å². The molecule has 0 aliphatic heterocycles. The minimum Gasteiger partial charge on any atom is -0.484 e. The van der Waals surface area contributed by atoms with E-state index >= 15 is 0 Å². The Labute approximate surface area is 134 Å². The number of benzene rings is 2. The van der Waals surface area contributed by atoms with Crippen LogP contribution in [0, 0.1) is 11.3 Å². The van der Waals surface area contributed by atoms with E-state index in [1.165, 1.54) is 0 Å². The molecule has 1 amide bonds. The molecule has 0 bridgehead atoms. The van der Waals surface area contributed by atoms with Gasteiger partial charge >= 0.3 is 0 Å². The monoisotopic (exact) mass is 308 g/mol. The number of carbonyl (C=O) groups excluding carboxylic acids is 2. The normalized spacial score (nSPS) is 11.1. The predicted octanol–water partition coefficient (Wildman–Crippen LogP) is 2.63. The minimum atomic E-state index is -0.249. The third kappa shape index (κ3) is 4.68. The van der Waals surface area contributed by atoms with Crippen LogP contribution in [-0.2, 0) is 4.79 Å². The largest absolute Gasteiger partial charge is 0.484 e. The molecule has 116 valence electrons. The lowest BCUT2D eigenvalue weighted by Gasteiger charge is -2.14. The zero-order chi connectivity index (χ0) is 16.7. The molecule has 5 nitrogen and oxygen atoms in total. The Morgan fingerprint density at radius 2 is 1.87 bits per heavy atom. The molecule has 2 rings (SSSR count). The fourth-order valence-electron chi connectivity index (χ4n) is 2.00. The second-order valence-electron chi connectivity index (χ2n) is 5.00. The van der Waals surface area contributed by atoms with Crippen molar-refractivity contribution in [1.82, 2.24) is 5.32 Å². The average Bonchev–Trinajstić information content (AvgIpc) is 2.60. The Bertz CT molecular complexity index is 715. The Balaban J connectivity index is 1.85. The quantitative estimate of drug-likeness (QED) is 0.832. The Morgan fingerprint density at radius 3 is 2.43 bits per heavy atom. The van der Waals surface area contributed by atoms with Gasteiger partial charge in [-0.05, 0) is 48.9 Å². The number of aldehydes is 1. The summed E-state index contributed by atoms with van der Waals surface area (Å²) in [5.41, 5.74) is 2.04. The van der Waals surface area contributed by atoms with Crippen LogP contribution in [0.4, 0.5) is 0 Å². The first-order valence-corrected chi connectivity index (χ1v) is 7.10. The summed E-state index contributed by atoms with van der Waals surface area (Å²) in [4.78, 5) is 22.5. The first kappa shape index (κ1) is 16.2. The topological polar surface area (TPSA) is 79.2 Å². The van der Waals surface area contributed by atoms with Crippen LogP contribution in [0.25, 0.3) is 0 Å². The van der Waals surface area contributed by atoms with Crippen molar-refractivity contribution in [1.29, 1.82) is 5.26 Å². The van der Waals surface area contributed by atoms with E-state index in [1.807, 2.05) is 19.1 Å². The van der Waals surface area contributed by atoms with Crippen LogP contribution in [0.3, 0.4) is 0 Å². The smallest absolute Gasteiger partial charge is 0.258 e. The molecule has 2 aromatic rings. The van der Waals surface area contributed by atoms with Gasteiger partial charge in [-0.15, -0.1) is 0 Å². The maximum atomic E-state index is 11.9. The minimum absolute atomic E-state index is 0.110. The number of nitrogens with zero attached hydrogens (tertiary/aromatic N) is 1. The molecule has 0 radical (unpaired) electrons. The SMILES string of the molecule is CC(NC(=O)COc1ccc(C=O)cc1)c1ccc(C#N)cc1. The highest BCUT2D eigenvalue weighted by Gasteiger charge is 2.10. The van der Waals surface area contributed by atoms with E-state index in [0.717, 1.165) is 11.8 Å². The van der Waals surface area contributed by atoms with Crippen LogP contribution in [0.15, 0.2) is 48.5 Å². The summed E-state index contributed by atoms with van der Waals surface area (Å²) >= 11 is 0. The third-order valence-corrected chi connectivity index (χ3v) is 3.30. The van der Waals surface area contributed by atoms with Crippen molar-refractivity contribution in [2.45, 2.75) is 13.0 Å². The van der Waals surface area contributed by atoms with E-state index in [1.54, 1.807) is 36.4 Å². The second kappa shape index (κ2) is 7.76. The molecule has 1 N–H and O–H groups in total. The van der Waals surface area contributed by atoms with Crippen molar-refractivity contribution in [3.8, 4) is 11.8 Å². The molecule has 1 atom stereocenters. The van der Waals surface area contributed by atoms with Gasteiger partial charge < -0.3 is 10.1 Å². The van der Waals surface area contributed by atoms with E-state index in [0.29, 0.717) is 16.9 Å². The van der Waals surface area contributed by atoms with Gasteiger partial charge in [-0.2, -0.15) is 5.26 Å². The predicted molar refractivity (Wildman–Crippen MR) is 85.0 cm³/mol. The maximum absolute atomic E-state index is 11.9. The number of rotatable bonds is 6. The fourth-order valence-corrected chi connectivity index (χ4v) is 2.00. The summed E-state index contributed by atoms with van der Waals surface area (Å²) in [5, 5.41) is 11.6.